The first-order valence-corrected chi connectivity index (χ1v) is 5.58. The maximum atomic E-state index is 11.5. The molecule has 0 spiro atoms. The van der Waals surface area contributed by atoms with Crippen LogP contribution in [0.4, 0.5) is 0 Å². The Kier molecular flexibility index (Phi) is 2.34. The van der Waals surface area contributed by atoms with Crippen molar-refractivity contribution in [2.75, 3.05) is 0 Å². The minimum absolute atomic E-state index is 0.449. The molecule has 0 fully saturated rings. The number of pyridine rings is 1. The van der Waals surface area contributed by atoms with E-state index in [1.807, 2.05) is 41.0 Å². The van der Waals surface area contributed by atoms with E-state index in [4.69, 9.17) is 5.73 Å². The van der Waals surface area contributed by atoms with E-state index in [1.165, 1.54) is 0 Å². The van der Waals surface area contributed by atoms with Gasteiger partial charge in [-0.2, -0.15) is 0 Å². The monoisotopic (exact) mass is 237 g/mol. The van der Waals surface area contributed by atoms with E-state index in [9.17, 15) is 4.79 Å². The van der Waals surface area contributed by atoms with Crippen LogP contribution in [0.15, 0.2) is 54.9 Å². The number of aromatic nitrogens is 2. The van der Waals surface area contributed by atoms with Crippen molar-refractivity contribution in [1.29, 1.82) is 0 Å². The highest BCUT2D eigenvalue weighted by molar-refractivity contribution is 5.99. The lowest BCUT2D eigenvalue weighted by atomic mass is 10.2. The fraction of sp³-hybridized carbons (Fsp3) is 0. The summed E-state index contributed by atoms with van der Waals surface area (Å²) in [7, 11) is 0. The number of amides is 1. The fourth-order valence-corrected chi connectivity index (χ4v) is 2.10. The molecule has 3 rings (SSSR count). The summed E-state index contributed by atoms with van der Waals surface area (Å²) >= 11 is 0. The van der Waals surface area contributed by atoms with Crippen LogP contribution >= 0.6 is 0 Å². The Morgan fingerprint density at radius 2 is 2.00 bits per heavy atom. The summed E-state index contributed by atoms with van der Waals surface area (Å²) in [5.41, 5.74) is 7.67. The number of hydrogen-bond donors (Lipinski definition) is 1. The Morgan fingerprint density at radius 3 is 2.72 bits per heavy atom. The molecule has 0 aliphatic rings. The van der Waals surface area contributed by atoms with Crippen LogP contribution < -0.4 is 5.73 Å². The second-order valence-electron chi connectivity index (χ2n) is 4.00. The van der Waals surface area contributed by atoms with Gasteiger partial charge in [-0.3, -0.25) is 9.78 Å². The summed E-state index contributed by atoms with van der Waals surface area (Å²) in [6, 6.07) is 13.3. The van der Waals surface area contributed by atoms with Crippen LogP contribution in [0, 0.1) is 0 Å². The van der Waals surface area contributed by atoms with E-state index in [2.05, 4.69) is 4.98 Å². The molecule has 88 valence electrons. The Labute approximate surface area is 104 Å². The smallest absolute Gasteiger partial charge is 0.265 e. The molecule has 0 aliphatic carbocycles. The Morgan fingerprint density at radius 1 is 1.17 bits per heavy atom. The highest BCUT2D eigenvalue weighted by Crippen LogP contribution is 2.23. The summed E-state index contributed by atoms with van der Waals surface area (Å²) in [6.45, 7) is 0. The van der Waals surface area contributed by atoms with E-state index >= 15 is 0 Å². The zero-order valence-corrected chi connectivity index (χ0v) is 9.58. The van der Waals surface area contributed by atoms with Crippen molar-refractivity contribution in [3.8, 4) is 5.69 Å². The minimum atomic E-state index is -0.449. The van der Waals surface area contributed by atoms with Gasteiger partial charge in [0.2, 0.25) is 0 Å². The first kappa shape index (κ1) is 10.5. The van der Waals surface area contributed by atoms with Gasteiger partial charge in [0, 0.05) is 11.6 Å². The van der Waals surface area contributed by atoms with Crippen LogP contribution in [-0.4, -0.2) is 15.5 Å². The standard InChI is InChI=1S/C14H11N3O/c15-14(18)13-8-10-4-1-2-6-12(10)17(13)11-5-3-7-16-9-11/h1-9H,(H2,15,18). The van der Waals surface area contributed by atoms with Crippen LogP contribution in [-0.2, 0) is 0 Å². The van der Waals surface area contributed by atoms with Crippen LogP contribution in [0.25, 0.3) is 16.6 Å². The summed E-state index contributed by atoms with van der Waals surface area (Å²) < 4.78 is 1.82. The molecule has 4 heteroatoms. The van der Waals surface area contributed by atoms with Gasteiger partial charge in [0.05, 0.1) is 17.4 Å². The molecule has 0 radical (unpaired) electrons. The van der Waals surface area contributed by atoms with Crippen molar-refractivity contribution in [1.82, 2.24) is 9.55 Å². The van der Waals surface area contributed by atoms with Crippen molar-refractivity contribution in [2.45, 2.75) is 0 Å². The van der Waals surface area contributed by atoms with Crippen LogP contribution in [0.5, 0.6) is 0 Å². The number of primary amides is 1. The normalized spacial score (nSPS) is 10.7. The molecule has 18 heavy (non-hydrogen) atoms. The summed E-state index contributed by atoms with van der Waals surface area (Å²) in [6.07, 6.45) is 3.40. The second kappa shape index (κ2) is 4.00. The van der Waals surface area contributed by atoms with Gasteiger partial charge in [-0.1, -0.05) is 18.2 Å². The first-order chi connectivity index (χ1) is 8.77. The largest absolute Gasteiger partial charge is 0.364 e. The van der Waals surface area contributed by atoms with Gasteiger partial charge in [-0.15, -0.1) is 0 Å². The van der Waals surface area contributed by atoms with Gasteiger partial charge in [0.15, 0.2) is 0 Å². The molecule has 0 aliphatic heterocycles. The molecule has 2 heterocycles. The predicted molar refractivity (Wildman–Crippen MR) is 69.6 cm³/mol. The molecule has 2 aromatic heterocycles. The third kappa shape index (κ3) is 1.55. The molecule has 0 saturated carbocycles. The number of benzene rings is 1. The van der Waals surface area contributed by atoms with Gasteiger partial charge in [0.1, 0.15) is 5.69 Å². The topological polar surface area (TPSA) is 60.9 Å². The summed E-state index contributed by atoms with van der Waals surface area (Å²) in [5, 5.41) is 0.982. The van der Waals surface area contributed by atoms with Gasteiger partial charge in [-0.05, 0) is 24.3 Å². The number of hydrogen-bond acceptors (Lipinski definition) is 2. The average molecular weight is 237 g/mol. The molecular formula is C14H11N3O. The molecule has 0 bridgehead atoms. The zero-order chi connectivity index (χ0) is 12.5. The predicted octanol–water partition coefficient (Wildman–Crippen LogP) is 2.12. The number of rotatable bonds is 2. The summed E-state index contributed by atoms with van der Waals surface area (Å²) in [4.78, 5) is 15.6. The fourth-order valence-electron chi connectivity index (χ4n) is 2.10. The number of carbonyl (C=O) groups excluding carboxylic acids is 1. The molecule has 4 nitrogen and oxygen atoms in total. The number of nitrogens with two attached hydrogens (primary N) is 1. The zero-order valence-electron chi connectivity index (χ0n) is 9.58. The Balaban J connectivity index is 2.38. The lowest BCUT2D eigenvalue weighted by Gasteiger charge is -2.07. The Hall–Kier alpha value is -2.62. The van der Waals surface area contributed by atoms with Crippen LogP contribution in [0.3, 0.4) is 0 Å². The van der Waals surface area contributed by atoms with Crippen molar-refractivity contribution >= 4 is 16.8 Å². The lowest BCUT2D eigenvalue weighted by Crippen LogP contribution is -2.15. The molecule has 0 atom stereocenters. The summed E-state index contributed by atoms with van der Waals surface area (Å²) in [5.74, 6) is -0.449. The molecule has 2 N–H and O–H groups in total. The SMILES string of the molecule is NC(=O)c1cc2ccccc2n1-c1cccnc1. The van der Waals surface area contributed by atoms with Gasteiger partial charge in [-0.25, -0.2) is 0 Å². The van der Waals surface area contributed by atoms with Crippen molar-refractivity contribution in [2.24, 2.45) is 5.73 Å². The first-order valence-electron chi connectivity index (χ1n) is 5.58. The highest BCUT2D eigenvalue weighted by atomic mass is 16.1. The number of carbonyl (C=O) groups is 1. The van der Waals surface area contributed by atoms with E-state index in [0.717, 1.165) is 16.6 Å². The van der Waals surface area contributed by atoms with Gasteiger partial charge < -0.3 is 10.3 Å². The van der Waals surface area contributed by atoms with Crippen molar-refractivity contribution in [3.05, 3.63) is 60.6 Å². The number of para-hydroxylation sites is 1. The Bertz CT molecular complexity index is 716. The molecule has 1 amide bonds. The van der Waals surface area contributed by atoms with Crippen LogP contribution in [0.2, 0.25) is 0 Å². The maximum absolute atomic E-state index is 11.5. The van der Waals surface area contributed by atoms with Crippen molar-refractivity contribution < 1.29 is 4.79 Å². The highest BCUT2D eigenvalue weighted by Gasteiger charge is 2.13. The molecule has 0 unspecified atom stereocenters. The van der Waals surface area contributed by atoms with E-state index < -0.39 is 5.91 Å². The minimum Gasteiger partial charge on any atom is -0.364 e. The molecule has 3 aromatic rings. The number of fused-ring (bicyclic) bond motifs is 1. The molecule has 1 aromatic carbocycles. The molecular weight excluding hydrogens is 226 g/mol. The van der Waals surface area contributed by atoms with Gasteiger partial charge >= 0.3 is 0 Å². The van der Waals surface area contributed by atoms with E-state index in [0.29, 0.717) is 5.69 Å². The molecule has 0 saturated heterocycles. The quantitative estimate of drug-likeness (QED) is 0.742. The van der Waals surface area contributed by atoms with Gasteiger partial charge in [0.25, 0.3) is 5.91 Å². The van der Waals surface area contributed by atoms with Crippen molar-refractivity contribution in [3.63, 3.8) is 0 Å². The number of nitrogens with zero attached hydrogens (tertiary/aromatic N) is 2. The van der Waals surface area contributed by atoms with E-state index in [-0.39, 0.29) is 0 Å². The second-order valence-corrected chi connectivity index (χ2v) is 4.00. The van der Waals surface area contributed by atoms with Crippen LogP contribution in [0.1, 0.15) is 10.5 Å². The van der Waals surface area contributed by atoms with E-state index in [1.54, 1.807) is 18.5 Å². The average Bonchev–Trinajstić information content (AvgIpc) is 2.79. The lowest BCUT2D eigenvalue weighted by molar-refractivity contribution is 0.0994. The third-order valence-electron chi connectivity index (χ3n) is 2.87. The maximum Gasteiger partial charge on any atom is 0.265 e. The third-order valence-corrected chi connectivity index (χ3v) is 2.87.